The molecule has 0 amide bonds. The molecule has 1 atom stereocenters. The Bertz CT molecular complexity index is 1670. The molecule has 1 aliphatic carbocycles. The number of fused-ring (bicyclic) bond motifs is 1. The molecule has 3 N–H and O–H groups in total. The molecule has 7 rings (SSSR count). The molecule has 2 fully saturated rings. The normalized spacial score (nSPS) is 20.7. The number of aromatic nitrogens is 7. The van der Waals surface area contributed by atoms with Crippen molar-refractivity contribution >= 4 is 17.3 Å². The van der Waals surface area contributed by atoms with Gasteiger partial charge in [0.15, 0.2) is 5.82 Å². The van der Waals surface area contributed by atoms with Crippen LogP contribution in [-0.2, 0) is 5.54 Å². The highest BCUT2D eigenvalue weighted by atomic mass is 19.1. The summed E-state index contributed by atoms with van der Waals surface area (Å²) in [6.07, 6.45) is 12.3. The highest BCUT2D eigenvalue weighted by Crippen LogP contribution is 2.34. The summed E-state index contributed by atoms with van der Waals surface area (Å²) >= 11 is 0. The van der Waals surface area contributed by atoms with Gasteiger partial charge in [0.2, 0.25) is 5.95 Å². The van der Waals surface area contributed by atoms with E-state index in [1.54, 1.807) is 30.9 Å². The third-order valence-corrected chi connectivity index (χ3v) is 8.33. The van der Waals surface area contributed by atoms with Crippen LogP contribution in [-0.4, -0.2) is 71.7 Å². The number of halogens is 1. The second-order valence-electron chi connectivity index (χ2n) is 11.1. The lowest BCUT2D eigenvalue weighted by atomic mass is 9.87. The predicted octanol–water partition coefficient (Wildman–Crippen LogP) is 2.77. The van der Waals surface area contributed by atoms with Crippen LogP contribution < -0.4 is 15.5 Å². The van der Waals surface area contributed by atoms with Crippen molar-refractivity contribution in [2.24, 2.45) is 5.73 Å². The van der Waals surface area contributed by atoms with Gasteiger partial charge < -0.3 is 20.6 Å². The molecule has 0 bridgehead atoms. The minimum atomic E-state index is -0.836. The zero-order valence-corrected chi connectivity index (χ0v) is 22.7. The molecule has 1 unspecified atom stereocenters. The Labute approximate surface area is 236 Å². The topological polar surface area (TPSA) is 127 Å². The van der Waals surface area contributed by atoms with Gasteiger partial charge in [-0.05, 0) is 43.5 Å². The summed E-state index contributed by atoms with van der Waals surface area (Å²) in [6, 6.07) is 8.56. The van der Waals surface area contributed by atoms with E-state index in [2.05, 4.69) is 41.0 Å². The van der Waals surface area contributed by atoms with Crippen LogP contribution in [0.4, 0.5) is 16.2 Å². The van der Waals surface area contributed by atoms with Gasteiger partial charge in [0, 0.05) is 67.7 Å². The first-order valence-corrected chi connectivity index (χ1v) is 13.8. The molecule has 5 aromatic rings. The van der Waals surface area contributed by atoms with Crippen LogP contribution in [0.15, 0.2) is 67.6 Å². The van der Waals surface area contributed by atoms with Crippen molar-refractivity contribution in [1.29, 1.82) is 0 Å². The number of hydrogen-bond donors (Lipinski definition) is 2. The van der Waals surface area contributed by atoms with Gasteiger partial charge >= 0.3 is 0 Å². The van der Waals surface area contributed by atoms with Gasteiger partial charge in [0.25, 0.3) is 0 Å². The van der Waals surface area contributed by atoms with Crippen LogP contribution in [0.1, 0.15) is 36.9 Å². The first-order chi connectivity index (χ1) is 19.8. The number of piperazine rings is 1. The number of anilines is 2. The molecule has 0 radical (unpaired) electrons. The number of aliphatic hydroxyl groups is 1. The van der Waals surface area contributed by atoms with Gasteiger partial charge in [-0.25, -0.2) is 23.9 Å². The zero-order chi connectivity index (χ0) is 28.1. The van der Waals surface area contributed by atoms with Crippen LogP contribution in [0.2, 0.25) is 0 Å². The maximum atomic E-state index is 13.4. The summed E-state index contributed by atoms with van der Waals surface area (Å²) in [4.78, 5) is 18.3. The molecule has 12 heteroatoms. The van der Waals surface area contributed by atoms with Gasteiger partial charge in [-0.15, -0.1) is 0 Å². The van der Waals surface area contributed by atoms with Gasteiger partial charge in [0.05, 0.1) is 23.9 Å². The average Bonchev–Trinajstić information content (AvgIpc) is 3.63. The van der Waals surface area contributed by atoms with Crippen molar-refractivity contribution in [1.82, 2.24) is 34.3 Å². The predicted molar refractivity (Wildman–Crippen MR) is 152 cm³/mol. The molecule has 1 aromatic carbocycles. The van der Waals surface area contributed by atoms with Crippen LogP contribution in [0.25, 0.3) is 16.6 Å². The Morgan fingerprint density at radius 3 is 2.29 bits per heavy atom. The maximum absolute atomic E-state index is 13.4. The van der Waals surface area contributed by atoms with Crippen molar-refractivity contribution in [2.75, 3.05) is 36.0 Å². The second-order valence-corrected chi connectivity index (χ2v) is 11.1. The summed E-state index contributed by atoms with van der Waals surface area (Å²) < 4.78 is 17.2. The fourth-order valence-electron chi connectivity index (χ4n) is 5.61. The van der Waals surface area contributed by atoms with Crippen molar-refractivity contribution in [3.05, 3.63) is 84.6 Å². The zero-order valence-electron chi connectivity index (χ0n) is 22.7. The summed E-state index contributed by atoms with van der Waals surface area (Å²) in [5, 5.41) is 18.6. The molecular weight excluding hydrogens is 523 g/mol. The van der Waals surface area contributed by atoms with E-state index in [0.29, 0.717) is 5.95 Å². The smallest absolute Gasteiger partial charge is 0.225 e. The highest BCUT2D eigenvalue weighted by molar-refractivity contribution is 5.77. The molecule has 1 saturated carbocycles. The first kappa shape index (κ1) is 25.5. The van der Waals surface area contributed by atoms with Crippen LogP contribution in [0, 0.1) is 5.82 Å². The molecule has 0 spiro atoms. The number of rotatable bonds is 6. The number of aliphatic hydroxyl groups excluding tert-OH is 1. The summed E-state index contributed by atoms with van der Waals surface area (Å²) in [5.41, 5.74) is 10.3. The summed E-state index contributed by atoms with van der Waals surface area (Å²) in [6.45, 7) is 4.86. The van der Waals surface area contributed by atoms with Crippen LogP contribution in [0.3, 0.4) is 0 Å². The lowest BCUT2D eigenvalue weighted by Crippen LogP contribution is -2.47. The lowest BCUT2D eigenvalue weighted by molar-refractivity contribution is 0.0434. The van der Waals surface area contributed by atoms with Crippen molar-refractivity contribution in [3.8, 4) is 11.1 Å². The fraction of sp³-hybridized carbons (Fsp3) is 0.345. The van der Waals surface area contributed by atoms with Gasteiger partial charge in [0.1, 0.15) is 17.7 Å². The molecule has 2 aliphatic rings. The monoisotopic (exact) mass is 554 g/mol. The standard InChI is InChI=1S/C29H31FN10O/c1-29(31,21-2-4-23(30)5-3-21)22-14-32-28(33-15-22)38-8-6-37(7-9-38)27-26-10-19(16-40(26)36-18-34-27)20-13-35-39(17-20)24-11-25(41)12-24/h2-5,10,13-18,24-25,41H,6-9,11-12,31H2,1H3/t24-,25-,29?. The largest absolute Gasteiger partial charge is 0.393 e. The molecule has 11 nitrogen and oxygen atoms in total. The van der Waals surface area contributed by atoms with E-state index in [1.807, 2.05) is 34.7 Å². The van der Waals surface area contributed by atoms with Crippen molar-refractivity contribution in [2.45, 2.75) is 37.5 Å². The van der Waals surface area contributed by atoms with Gasteiger partial charge in [-0.1, -0.05) is 12.1 Å². The fourth-order valence-corrected chi connectivity index (χ4v) is 5.61. The van der Waals surface area contributed by atoms with Gasteiger partial charge in [-0.3, -0.25) is 4.68 Å². The van der Waals surface area contributed by atoms with E-state index in [0.717, 1.165) is 72.6 Å². The number of hydrogen-bond acceptors (Lipinski definition) is 9. The van der Waals surface area contributed by atoms with Crippen molar-refractivity contribution in [3.63, 3.8) is 0 Å². The Morgan fingerprint density at radius 2 is 1.59 bits per heavy atom. The van der Waals surface area contributed by atoms with Crippen LogP contribution >= 0.6 is 0 Å². The highest BCUT2D eigenvalue weighted by Gasteiger charge is 2.30. The summed E-state index contributed by atoms with van der Waals surface area (Å²) in [5.74, 6) is 1.24. The number of nitrogens with zero attached hydrogens (tertiary/aromatic N) is 9. The van der Waals surface area contributed by atoms with Crippen LogP contribution in [0.5, 0.6) is 0 Å². The molecule has 1 saturated heterocycles. The molecule has 41 heavy (non-hydrogen) atoms. The first-order valence-electron chi connectivity index (χ1n) is 13.8. The Hall–Kier alpha value is -4.42. The van der Waals surface area contributed by atoms with Crippen molar-refractivity contribution < 1.29 is 9.50 Å². The molecule has 1 aliphatic heterocycles. The Kier molecular flexibility index (Phi) is 6.16. The van der Waals surface area contributed by atoms with E-state index in [-0.39, 0.29) is 18.0 Å². The summed E-state index contributed by atoms with van der Waals surface area (Å²) in [7, 11) is 0. The Morgan fingerprint density at radius 1 is 0.878 bits per heavy atom. The molecule has 5 heterocycles. The number of benzene rings is 1. The minimum Gasteiger partial charge on any atom is -0.393 e. The molecular formula is C29H31FN10O. The molecule has 4 aromatic heterocycles. The SMILES string of the molecule is CC(N)(c1ccc(F)cc1)c1cnc(N2CCN(c3ncnn4cc(-c5cnn([C@H]6C[C@H](O)C6)c5)cc34)CC2)nc1. The molecule has 210 valence electrons. The lowest BCUT2D eigenvalue weighted by Gasteiger charge is -2.35. The second kappa shape index (κ2) is 9.89. The third-order valence-electron chi connectivity index (χ3n) is 8.33. The van der Waals surface area contributed by atoms with E-state index >= 15 is 0 Å². The van der Waals surface area contributed by atoms with E-state index in [1.165, 1.54) is 12.1 Å². The van der Waals surface area contributed by atoms with E-state index < -0.39 is 5.54 Å². The van der Waals surface area contributed by atoms with E-state index in [4.69, 9.17) is 5.73 Å². The average molecular weight is 555 g/mol. The Balaban J connectivity index is 1.04. The maximum Gasteiger partial charge on any atom is 0.225 e. The number of nitrogens with two attached hydrogens (primary N) is 1. The minimum absolute atomic E-state index is 0.219. The van der Waals surface area contributed by atoms with E-state index in [9.17, 15) is 9.50 Å². The third kappa shape index (κ3) is 4.68. The quantitative estimate of drug-likeness (QED) is 0.326. The van der Waals surface area contributed by atoms with Gasteiger partial charge in [-0.2, -0.15) is 10.2 Å².